The molecular formula is C33H58O5. The third-order valence-corrected chi connectivity index (χ3v) is 7.64. The van der Waals surface area contributed by atoms with Gasteiger partial charge in [0.1, 0.15) is 5.56 Å². The van der Waals surface area contributed by atoms with Gasteiger partial charge in [-0.05, 0) is 37.7 Å². The van der Waals surface area contributed by atoms with E-state index in [1.165, 1.54) is 77.0 Å². The summed E-state index contributed by atoms with van der Waals surface area (Å²) < 4.78 is 6.12. The fourth-order valence-corrected chi connectivity index (χ4v) is 5.30. The SMILES string of the molecule is CCCCCCCCCCOc1c(O)c(O)c(C(=O)O)c(CCCCCCCC)c1CCCCCCCC. The van der Waals surface area contributed by atoms with Gasteiger partial charge in [0.25, 0.3) is 0 Å². The van der Waals surface area contributed by atoms with Gasteiger partial charge in [0.2, 0.25) is 5.75 Å². The first-order valence-corrected chi connectivity index (χ1v) is 15.9. The second-order valence-corrected chi connectivity index (χ2v) is 11.0. The Balaban J connectivity index is 2.98. The highest BCUT2D eigenvalue weighted by Crippen LogP contribution is 2.45. The van der Waals surface area contributed by atoms with E-state index in [1.807, 2.05) is 0 Å². The molecule has 1 aromatic carbocycles. The Morgan fingerprint density at radius 3 is 1.39 bits per heavy atom. The molecule has 38 heavy (non-hydrogen) atoms. The van der Waals surface area contributed by atoms with Crippen LogP contribution in [0.1, 0.15) is 171 Å². The van der Waals surface area contributed by atoms with E-state index in [0.29, 0.717) is 30.8 Å². The van der Waals surface area contributed by atoms with Gasteiger partial charge in [0, 0.05) is 5.56 Å². The van der Waals surface area contributed by atoms with E-state index >= 15 is 0 Å². The molecule has 0 radical (unpaired) electrons. The van der Waals surface area contributed by atoms with Crippen LogP contribution in [0.3, 0.4) is 0 Å². The van der Waals surface area contributed by atoms with Crippen LogP contribution >= 0.6 is 0 Å². The fraction of sp³-hybridized carbons (Fsp3) is 0.788. The highest BCUT2D eigenvalue weighted by atomic mass is 16.5. The lowest BCUT2D eigenvalue weighted by molar-refractivity contribution is 0.0691. The largest absolute Gasteiger partial charge is 0.504 e. The van der Waals surface area contributed by atoms with Gasteiger partial charge >= 0.3 is 5.97 Å². The van der Waals surface area contributed by atoms with Crippen molar-refractivity contribution in [1.29, 1.82) is 0 Å². The molecule has 5 nitrogen and oxygen atoms in total. The fourth-order valence-electron chi connectivity index (χ4n) is 5.30. The van der Waals surface area contributed by atoms with Crippen LogP contribution in [-0.2, 0) is 12.8 Å². The minimum absolute atomic E-state index is 0.142. The van der Waals surface area contributed by atoms with Crippen molar-refractivity contribution >= 4 is 5.97 Å². The third kappa shape index (κ3) is 13.2. The molecule has 1 rings (SSSR count). The molecule has 0 amide bonds. The van der Waals surface area contributed by atoms with E-state index in [0.717, 1.165) is 56.9 Å². The van der Waals surface area contributed by atoms with Crippen molar-refractivity contribution in [2.45, 2.75) is 162 Å². The molecule has 0 aliphatic heterocycles. The van der Waals surface area contributed by atoms with Crippen molar-refractivity contribution in [3.8, 4) is 17.2 Å². The number of aromatic carboxylic acids is 1. The lowest BCUT2D eigenvalue weighted by Crippen LogP contribution is -2.11. The van der Waals surface area contributed by atoms with E-state index in [4.69, 9.17) is 4.74 Å². The summed E-state index contributed by atoms with van der Waals surface area (Å²) in [6, 6.07) is 0. The first-order chi connectivity index (χ1) is 18.5. The molecule has 0 aromatic heterocycles. The molecule has 0 fully saturated rings. The molecule has 0 aliphatic carbocycles. The van der Waals surface area contributed by atoms with E-state index < -0.39 is 17.5 Å². The third-order valence-electron chi connectivity index (χ3n) is 7.64. The van der Waals surface area contributed by atoms with Gasteiger partial charge in [-0.25, -0.2) is 4.79 Å². The number of phenols is 2. The molecule has 5 heteroatoms. The quantitative estimate of drug-likeness (QED) is 0.0858. The van der Waals surface area contributed by atoms with Gasteiger partial charge < -0.3 is 20.1 Å². The summed E-state index contributed by atoms with van der Waals surface area (Å²) in [5.74, 6) is -1.83. The zero-order valence-corrected chi connectivity index (χ0v) is 24.9. The van der Waals surface area contributed by atoms with Crippen molar-refractivity contribution in [1.82, 2.24) is 0 Å². The topological polar surface area (TPSA) is 87.0 Å². The lowest BCUT2D eigenvalue weighted by atomic mass is 9.90. The Morgan fingerprint density at radius 2 is 0.947 bits per heavy atom. The average Bonchev–Trinajstić information content (AvgIpc) is 2.90. The number of rotatable bonds is 25. The van der Waals surface area contributed by atoms with Gasteiger partial charge in [-0.3, -0.25) is 0 Å². The van der Waals surface area contributed by atoms with Gasteiger partial charge in [-0.1, -0.05) is 130 Å². The normalized spacial score (nSPS) is 11.2. The van der Waals surface area contributed by atoms with Crippen LogP contribution in [0, 0.1) is 0 Å². The zero-order valence-electron chi connectivity index (χ0n) is 24.9. The number of carbonyl (C=O) groups is 1. The summed E-state index contributed by atoms with van der Waals surface area (Å²) in [5, 5.41) is 31.6. The second-order valence-electron chi connectivity index (χ2n) is 11.0. The highest BCUT2D eigenvalue weighted by Gasteiger charge is 2.28. The summed E-state index contributed by atoms with van der Waals surface area (Å²) in [6.07, 6.45) is 24.2. The first kappa shape index (κ1) is 34.1. The van der Waals surface area contributed by atoms with Crippen LogP contribution < -0.4 is 4.74 Å². The Labute approximate surface area is 233 Å². The van der Waals surface area contributed by atoms with Crippen molar-refractivity contribution in [2.75, 3.05) is 6.61 Å². The van der Waals surface area contributed by atoms with Crippen LogP contribution in [-0.4, -0.2) is 27.9 Å². The van der Waals surface area contributed by atoms with Crippen molar-refractivity contribution in [2.24, 2.45) is 0 Å². The van der Waals surface area contributed by atoms with E-state index in [1.54, 1.807) is 0 Å². The van der Waals surface area contributed by atoms with Gasteiger partial charge in [-0.2, -0.15) is 0 Å². The van der Waals surface area contributed by atoms with Crippen molar-refractivity contribution < 1.29 is 24.9 Å². The predicted octanol–water partition coefficient (Wildman–Crippen LogP) is 10.1. The molecule has 220 valence electrons. The Morgan fingerprint density at radius 1 is 0.553 bits per heavy atom. The van der Waals surface area contributed by atoms with Crippen molar-refractivity contribution in [3.63, 3.8) is 0 Å². The Hall–Kier alpha value is -1.91. The number of ether oxygens (including phenoxy) is 1. The van der Waals surface area contributed by atoms with E-state index in [9.17, 15) is 20.1 Å². The number of hydrogen-bond donors (Lipinski definition) is 3. The van der Waals surface area contributed by atoms with Crippen LogP contribution in [0.2, 0.25) is 0 Å². The molecular weight excluding hydrogens is 476 g/mol. The second kappa shape index (κ2) is 22.0. The summed E-state index contributed by atoms with van der Waals surface area (Å²) in [7, 11) is 0. The smallest absolute Gasteiger partial charge is 0.339 e. The summed E-state index contributed by atoms with van der Waals surface area (Å²) in [5.41, 5.74) is 1.31. The maximum Gasteiger partial charge on any atom is 0.339 e. The zero-order chi connectivity index (χ0) is 28.0. The minimum Gasteiger partial charge on any atom is -0.504 e. The summed E-state index contributed by atoms with van der Waals surface area (Å²) >= 11 is 0. The van der Waals surface area contributed by atoms with Crippen molar-refractivity contribution in [3.05, 3.63) is 16.7 Å². The number of carboxylic acids is 1. The van der Waals surface area contributed by atoms with Gasteiger partial charge in [0.15, 0.2) is 11.5 Å². The minimum atomic E-state index is -1.18. The van der Waals surface area contributed by atoms with Crippen LogP contribution in [0.15, 0.2) is 0 Å². The maximum absolute atomic E-state index is 12.2. The number of benzene rings is 1. The average molecular weight is 535 g/mol. The monoisotopic (exact) mass is 534 g/mol. The Kier molecular flexibility index (Phi) is 19.7. The number of hydrogen-bond acceptors (Lipinski definition) is 4. The number of aromatic hydroxyl groups is 2. The number of unbranched alkanes of at least 4 members (excludes halogenated alkanes) is 17. The van der Waals surface area contributed by atoms with Gasteiger partial charge in [-0.15, -0.1) is 0 Å². The molecule has 3 N–H and O–H groups in total. The molecule has 0 spiro atoms. The van der Waals surface area contributed by atoms with E-state index in [2.05, 4.69) is 20.8 Å². The molecule has 0 aliphatic rings. The molecule has 0 heterocycles. The molecule has 0 atom stereocenters. The standard InChI is InChI=1S/C33H58O5/c1-4-7-10-13-16-17-20-23-26-38-32-28(25-22-19-15-12-9-6-3)27(24-21-18-14-11-8-5-2)29(33(36)37)30(34)31(32)35/h34-35H,4-26H2,1-3H3,(H,36,37). The first-order valence-electron chi connectivity index (χ1n) is 15.9. The number of carboxylic acid groups (broad SMARTS) is 1. The molecule has 0 unspecified atom stereocenters. The summed E-state index contributed by atoms with van der Waals surface area (Å²) in [6.45, 7) is 7.10. The van der Waals surface area contributed by atoms with E-state index in [-0.39, 0.29) is 5.56 Å². The van der Waals surface area contributed by atoms with Gasteiger partial charge in [0.05, 0.1) is 6.61 Å². The van der Waals surface area contributed by atoms with Crippen LogP contribution in [0.5, 0.6) is 17.2 Å². The Bertz CT molecular complexity index is 758. The molecule has 0 saturated carbocycles. The highest BCUT2D eigenvalue weighted by molar-refractivity contribution is 5.95. The molecule has 0 saturated heterocycles. The van der Waals surface area contributed by atoms with Crippen LogP contribution in [0.4, 0.5) is 0 Å². The predicted molar refractivity (Wildman–Crippen MR) is 159 cm³/mol. The molecule has 0 bridgehead atoms. The lowest BCUT2D eigenvalue weighted by Gasteiger charge is -2.21. The molecule has 1 aromatic rings. The number of phenolic OH excluding ortho intramolecular Hbond substituents is 1. The van der Waals surface area contributed by atoms with Crippen LogP contribution in [0.25, 0.3) is 0 Å². The maximum atomic E-state index is 12.2. The summed E-state index contributed by atoms with van der Waals surface area (Å²) in [4.78, 5) is 12.2.